The Labute approximate surface area is 113 Å². The fourth-order valence-electron chi connectivity index (χ4n) is 1.58. The Bertz CT molecular complexity index is 257. The maximum Gasteiger partial charge on any atom is 0.220 e. The lowest BCUT2D eigenvalue weighted by Crippen LogP contribution is -2.27. The molecule has 0 saturated carbocycles. The fraction of sp³-hybridized carbons (Fsp3) is 0.900. The average Bonchev–Trinajstić information content (AvgIpc) is 2.76. The van der Waals surface area contributed by atoms with Crippen LogP contribution in [-0.4, -0.2) is 38.0 Å². The van der Waals surface area contributed by atoms with Gasteiger partial charge in [0.2, 0.25) is 5.91 Å². The van der Waals surface area contributed by atoms with Crippen molar-refractivity contribution < 1.29 is 13.6 Å². The largest absolute Gasteiger partial charge is 0.772 e. The first-order chi connectivity index (χ1) is 8.18. The van der Waals surface area contributed by atoms with Gasteiger partial charge in [0, 0.05) is 29.7 Å². The number of carbonyl (C=O) groups is 1. The Morgan fingerprint density at radius 2 is 2.29 bits per heavy atom. The number of amides is 1. The highest BCUT2D eigenvalue weighted by Crippen LogP contribution is 2.39. The van der Waals surface area contributed by atoms with E-state index in [1.54, 1.807) is 0 Å². The maximum absolute atomic E-state index is 11.3. The molecule has 2 unspecified atom stereocenters. The molecule has 1 N–H and O–H groups in total. The van der Waals surface area contributed by atoms with Gasteiger partial charge >= 0.3 is 0 Å². The average molecular weight is 296 g/mol. The third-order valence-corrected chi connectivity index (χ3v) is 6.04. The van der Waals surface area contributed by atoms with Crippen molar-refractivity contribution in [2.45, 2.75) is 37.4 Å². The SMILES string of the molecule is O=C(CCCCC1CCSS1)NCCS(=O)[O-]. The molecule has 100 valence electrons. The quantitative estimate of drug-likeness (QED) is 0.419. The van der Waals surface area contributed by atoms with Crippen LogP contribution in [0.4, 0.5) is 0 Å². The van der Waals surface area contributed by atoms with Crippen LogP contribution >= 0.6 is 21.6 Å². The summed E-state index contributed by atoms with van der Waals surface area (Å²) in [5, 5.41) is 3.37. The smallest absolute Gasteiger partial charge is 0.220 e. The van der Waals surface area contributed by atoms with Crippen molar-refractivity contribution >= 4 is 38.6 Å². The number of nitrogens with one attached hydrogen (secondary N) is 1. The molecule has 1 fully saturated rings. The summed E-state index contributed by atoms with van der Waals surface area (Å²) in [7, 11) is 3.91. The second-order valence-electron chi connectivity index (χ2n) is 3.93. The first-order valence-electron chi connectivity index (χ1n) is 5.79. The molecule has 0 aromatic rings. The summed E-state index contributed by atoms with van der Waals surface area (Å²) < 4.78 is 20.5. The summed E-state index contributed by atoms with van der Waals surface area (Å²) in [5.41, 5.74) is 0. The Kier molecular flexibility index (Phi) is 8.34. The summed E-state index contributed by atoms with van der Waals surface area (Å²) in [6.07, 6.45) is 4.97. The van der Waals surface area contributed by atoms with Crippen molar-refractivity contribution in [3.63, 3.8) is 0 Å². The minimum atomic E-state index is -2.06. The molecule has 0 spiro atoms. The first kappa shape index (κ1) is 15.3. The Balaban J connectivity index is 1.90. The zero-order chi connectivity index (χ0) is 12.5. The molecule has 1 heterocycles. The minimum Gasteiger partial charge on any atom is -0.772 e. The minimum absolute atomic E-state index is 0.00166. The van der Waals surface area contributed by atoms with Gasteiger partial charge in [-0.2, -0.15) is 0 Å². The van der Waals surface area contributed by atoms with E-state index in [0.717, 1.165) is 18.1 Å². The number of unbranched alkanes of at least 4 members (excludes halogenated alkanes) is 1. The molecule has 1 aliphatic heterocycles. The molecule has 7 heteroatoms. The van der Waals surface area contributed by atoms with Crippen LogP contribution < -0.4 is 5.32 Å². The van der Waals surface area contributed by atoms with Gasteiger partial charge in [-0.15, -0.1) is 0 Å². The van der Waals surface area contributed by atoms with E-state index in [1.165, 1.54) is 18.6 Å². The third-order valence-electron chi connectivity index (χ3n) is 2.50. The van der Waals surface area contributed by atoms with Crippen LogP contribution in [0.15, 0.2) is 0 Å². The van der Waals surface area contributed by atoms with E-state index in [-0.39, 0.29) is 18.2 Å². The second kappa shape index (κ2) is 9.24. The summed E-state index contributed by atoms with van der Waals surface area (Å²) in [4.78, 5) is 11.3. The highest BCUT2D eigenvalue weighted by Gasteiger charge is 2.15. The van der Waals surface area contributed by atoms with Gasteiger partial charge in [-0.3, -0.25) is 9.00 Å². The molecular weight excluding hydrogens is 278 g/mol. The van der Waals surface area contributed by atoms with Crippen molar-refractivity contribution in [3.8, 4) is 0 Å². The van der Waals surface area contributed by atoms with Gasteiger partial charge in [-0.05, 0) is 19.3 Å². The topological polar surface area (TPSA) is 69.2 Å². The van der Waals surface area contributed by atoms with Crippen molar-refractivity contribution in [2.75, 3.05) is 18.1 Å². The summed E-state index contributed by atoms with van der Waals surface area (Å²) in [6, 6.07) is 0. The van der Waals surface area contributed by atoms with Crippen molar-refractivity contribution in [1.29, 1.82) is 0 Å². The van der Waals surface area contributed by atoms with Crippen LogP contribution in [0.5, 0.6) is 0 Å². The molecule has 0 aromatic carbocycles. The molecule has 4 nitrogen and oxygen atoms in total. The number of hydrogen-bond donors (Lipinski definition) is 1. The van der Waals surface area contributed by atoms with E-state index in [4.69, 9.17) is 0 Å². The molecule has 0 bridgehead atoms. The number of rotatable bonds is 8. The molecule has 0 aliphatic carbocycles. The molecule has 1 aliphatic rings. The molecular formula is C10H18NO3S3-. The van der Waals surface area contributed by atoms with Gasteiger partial charge in [0.05, 0.1) is 0 Å². The van der Waals surface area contributed by atoms with Gasteiger partial charge in [-0.1, -0.05) is 39.1 Å². The Morgan fingerprint density at radius 3 is 2.94 bits per heavy atom. The van der Waals surface area contributed by atoms with E-state index < -0.39 is 11.1 Å². The van der Waals surface area contributed by atoms with E-state index >= 15 is 0 Å². The first-order valence-corrected chi connectivity index (χ1v) is 9.42. The molecule has 1 saturated heterocycles. The number of carbonyl (C=O) groups excluding carboxylic acids is 1. The lowest BCUT2D eigenvalue weighted by molar-refractivity contribution is -0.121. The zero-order valence-corrected chi connectivity index (χ0v) is 12.1. The van der Waals surface area contributed by atoms with Crippen molar-refractivity contribution in [1.82, 2.24) is 5.32 Å². The molecule has 1 rings (SSSR count). The lowest BCUT2D eigenvalue weighted by Gasteiger charge is -2.08. The van der Waals surface area contributed by atoms with Gasteiger partial charge in [0.15, 0.2) is 0 Å². The van der Waals surface area contributed by atoms with Crippen LogP contribution in [0.1, 0.15) is 32.1 Å². The molecule has 0 aromatic heterocycles. The summed E-state index contributed by atoms with van der Waals surface area (Å²) >= 11 is -2.06. The van der Waals surface area contributed by atoms with Gasteiger partial charge in [0.1, 0.15) is 0 Å². The highest BCUT2D eigenvalue weighted by atomic mass is 33.1. The summed E-state index contributed by atoms with van der Waals surface area (Å²) in [5.74, 6) is 1.22. The van der Waals surface area contributed by atoms with E-state index in [1.807, 2.05) is 21.6 Å². The predicted octanol–water partition coefficient (Wildman–Crippen LogP) is 1.70. The molecule has 2 atom stereocenters. The molecule has 0 radical (unpaired) electrons. The fourth-order valence-corrected chi connectivity index (χ4v) is 4.88. The van der Waals surface area contributed by atoms with Crippen LogP contribution in [0.25, 0.3) is 0 Å². The van der Waals surface area contributed by atoms with Crippen LogP contribution in [-0.2, 0) is 15.9 Å². The second-order valence-corrected chi connectivity index (χ2v) is 7.74. The van der Waals surface area contributed by atoms with E-state index in [2.05, 4.69) is 5.32 Å². The van der Waals surface area contributed by atoms with Gasteiger partial charge < -0.3 is 9.87 Å². The highest BCUT2D eigenvalue weighted by molar-refractivity contribution is 8.77. The Hall–Kier alpha value is 0.280. The van der Waals surface area contributed by atoms with E-state index in [9.17, 15) is 13.6 Å². The summed E-state index contributed by atoms with van der Waals surface area (Å²) in [6.45, 7) is 0.226. The number of hydrogen-bond acceptors (Lipinski definition) is 5. The standard InChI is InChI=1S/C10H19NO3S3/c12-10(11-6-8-17(13)14)4-2-1-3-9-5-7-15-16-9/h9H,1-8H2,(H,11,12)(H,13,14)/p-1. The van der Waals surface area contributed by atoms with Crippen LogP contribution in [0, 0.1) is 0 Å². The molecule has 1 amide bonds. The maximum atomic E-state index is 11.3. The van der Waals surface area contributed by atoms with Crippen molar-refractivity contribution in [2.24, 2.45) is 0 Å². The van der Waals surface area contributed by atoms with Crippen LogP contribution in [0.3, 0.4) is 0 Å². The predicted molar refractivity (Wildman–Crippen MR) is 73.7 cm³/mol. The zero-order valence-electron chi connectivity index (χ0n) is 9.68. The molecule has 17 heavy (non-hydrogen) atoms. The van der Waals surface area contributed by atoms with Gasteiger partial charge in [-0.25, -0.2) is 0 Å². The monoisotopic (exact) mass is 296 g/mol. The Morgan fingerprint density at radius 1 is 1.47 bits per heavy atom. The third kappa shape index (κ3) is 8.07. The van der Waals surface area contributed by atoms with E-state index in [0.29, 0.717) is 6.42 Å². The normalized spacial score (nSPS) is 21.4. The van der Waals surface area contributed by atoms with Crippen LogP contribution in [0.2, 0.25) is 0 Å². The lowest BCUT2D eigenvalue weighted by atomic mass is 10.1. The van der Waals surface area contributed by atoms with Crippen molar-refractivity contribution in [3.05, 3.63) is 0 Å². The van der Waals surface area contributed by atoms with Gasteiger partial charge in [0.25, 0.3) is 0 Å².